The quantitative estimate of drug-likeness (QED) is 0.843. The third kappa shape index (κ3) is 4.23. The van der Waals surface area contributed by atoms with Crippen LogP contribution >= 0.6 is 0 Å². The molecule has 1 aliphatic carbocycles. The van der Waals surface area contributed by atoms with E-state index < -0.39 is 10.0 Å². The van der Waals surface area contributed by atoms with Gasteiger partial charge in [0.05, 0.1) is 10.9 Å². The summed E-state index contributed by atoms with van der Waals surface area (Å²) >= 11 is 0. The van der Waals surface area contributed by atoms with Gasteiger partial charge in [-0.1, -0.05) is 37.2 Å². The molecule has 5 heteroatoms. The molecule has 4 nitrogen and oxygen atoms in total. The van der Waals surface area contributed by atoms with E-state index in [4.69, 9.17) is 5.11 Å². The number of benzene rings is 1. The number of hydrogen-bond acceptors (Lipinski definition) is 3. The van der Waals surface area contributed by atoms with Crippen molar-refractivity contribution < 1.29 is 13.5 Å². The van der Waals surface area contributed by atoms with Crippen molar-refractivity contribution in [2.75, 3.05) is 11.3 Å². The molecular weight excluding hydrogens is 286 g/mol. The average Bonchev–Trinajstić information content (AvgIpc) is 2.49. The lowest BCUT2D eigenvalue weighted by Crippen LogP contribution is -2.30. The van der Waals surface area contributed by atoms with Crippen molar-refractivity contribution in [3.63, 3.8) is 0 Å². The first-order valence-corrected chi connectivity index (χ1v) is 8.79. The number of aryl methyl sites for hydroxylation is 1. The first-order valence-electron chi connectivity index (χ1n) is 7.25. The molecule has 0 heterocycles. The van der Waals surface area contributed by atoms with Crippen molar-refractivity contribution in [2.45, 2.75) is 44.3 Å². The summed E-state index contributed by atoms with van der Waals surface area (Å²) in [5.74, 6) is 5.36. The number of anilines is 1. The van der Waals surface area contributed by atoms with Gasteiger partial charge in [-0.05, 0) is 37.5 Å². The smallest absolute Gasteiger partial charge is 0.235 e. The number of sulfonamides is 1. The van der Waals surface area contributed by atoms with E-state index in [1.165, 1.54) is 0 Å². The summed E-state index contributed by atoms with van der Waals surface area (Å²) in [4.78, 5) is 0. The molecule has 0 aliphatic heterocycles. The van der Waals surface area contributed by atoms with Crippen LogP contribution in [-0.4, -0.2) is 25.4 Å². The Morgan fingerprint density at radius 2 is 2.00 bits per heavy atom. The minimum Gasteiger partial charge on any atom is -0.384 e. The molecule has 1 fully saturated rings. The summed E-state index contributed by atoms with van der Waals surface area (Å²) in [6.07, 6.45) is 4.55. The van der Waals surface area contributed by atoms with Crippen LogP contribution in [0, 0.1) is 18.8 Å². The molecule has 1 aromatic rings. The molecule has 0 atom stereocenters. The minimum atomic E-state index is -3.34. The van der Waals surface area contributed by atoms with Gasteiger partial charge in [0.1, 0.15) is 6.61 Å². The van der Waals surface area contributed by atoms with Crippen molar-refractivity contribution in [3.05, 3.63) is 29.3 Å². The van der Waals surface area contributed by atoms with E-state index in [0.29, 0.717) is 11.3 Å². The Kier molecular flexibility index (Phi) is 5.27. The van der Waals surface area contributed by atoms with Gasteiger partial charge in [-0.15, -0.1) is 0 Å². The number of hydrogen-bond donors (Lipinski definition) is 2. The molecular formula is C16H21NO3S. The lowest BCUT2D eigenvalue weighted by Gasteiger charge is -2.23. The zero-order valence-corrected chi connectivity index (χ0v) is 13.0. The zero-order valence-electron chi connectivity index (χ0n) is 12.2. The van der Waals surface area contributed by atoms with E-state index >= 15 is 0 Å². The molecule has 1 aromatic carbocycles. The van der Waals surface area contributed by atoms with Crippen LogP contribution < -0.4 is 4.72 Å². The van der Waals surface area contributed by atoms with Crippen molar-refractivity contribution in [1.29, 1.82) is 0 Å². The largest absolute Gasteiger partial charge is 0.384 e. The van der Waals surface area contributed by atoms with Gasteiger partial charge in [-0.25, -0.2) is 8.42 Å². The summed E-state index contributed by atoms with van der Waals surface area (Å²) in [7, 11) is -3.34. The molecule has 0 amide bonds. The van der Waals surface area contributed by atoms with Gasteiger partial charge in [0.15, 0.2) is 0 Å². The molecule has 2 N–H and O–H groups in total. The zero-order chi connectivity index (χ0) is 15.3. The van der Waals surface area contributed by atoms with Gasteiger partial charge >= 0.3 is 0 Å². The van der Waals surface area contributed by atoms with Crippen LogP contribution in [0.3, 0.4) is 0 Å². The van der Waals surface area contributed by atoms with Crippen LogP contribution in [0.2, 0.25) is 0 Å². The van der Waals surface area contributed by atoms with Crippen molar-refractivity contribution >= 4 is 15.7 Å². The molecule has 0 radical (unpaired) electrons. The third-order valence-electron chi connectivity index (χ3n) is 3.79. The van der Waals surface area contributed by atoms with Gasteiger partial charge < -0.3 is 5.11 Å². The predicted molar refractivity (Wildman–Crippen MR) is 84.6 cm³/mol. The van der Waals surface area contributed by atoms with Gasteiger partial charge in [-0.2, -0.15) is 0 Å². The first kappa shape index (κ1) is 15.9. The second-order valence-electron chi connectivity index (χ2n) is 5.40. The van der Waals surface area contributed by atoms with Gasteiger partial charge in [0.25, 0.3) is 0 Å². The van der Waals surface area contributed by atoms with E-state index in [1.54, 1.807) is 6.07 Å². The summed E-state index contributed by atoms with van der Waals surface area (Å²) < 4.78 is 27.6. The van der Waals surface area contributed by atoms with Gasteiger partial charge in [0, 0.05) is 5.56 Å². The topological polar surface area (TPSA) is 66.4 Å². The van der Waals surface area contributed by atoms with Crippen LogP contribution in [-0.2, 0) is 10.0 Å². The Bertz CT molecular complexity index is 650. The van der Waals surface area contributed by atoms with Gasteiger partial charge in [0.2, 0.25) is 10.0 Å². The second kappa shape index (κ2) is 6.97. The van der Waals surface area contributed by atoms with Crippen LogP contribution in [0.15, 0.2) is 18.2 Å². The standard InChI is InChI=1S/C16H21NO3S/c1-13-9-10-14(6-5-11-18)12-16(13)17-21(19,20)15-7-3-2-4-8-15/h9-10,12,15,17-18H,2-4,7-8,11H2,1H3. The number of aliphatic hydroxyl groups is 1. The van der Waals surface area contributed by atoms with E-state index in [0.717, 1.165) is 37.7 Å². The van der Waals surface area contributed by atoms with Gasteiger partial charge in [-0.3, -0.25) is 4.72 Å². The highest BCUT2D eigenvalue weighted by Gasteiger charge is 2.27. The van der Waals surface area contributed by atoms with Crippen LogP contribution in [0.25, 0.3) is 0 Å². The molecule has 0 unspecified atom stereocenters. The highest BCUT2D eigenvalue weighted by atomic mass is 32.2. The fourth-order valence-corrected chi connectivity index (χ4v) is 4.21. The molecule has 0 bridgehead atoms. The van der Waals surface area contributed by atoms with Crippen molar-refractivity contribution in [3.8, 4) is 11.8 Å². The molecule has 1 aliphatic rings. The Labute approximate surface area is 126 Å². The number of rotatable bonds is 3. The normalized spacial score (nSPS) is 16.1. The highest BCUT2D eigenvalue weighted by Crippen LogP contribution is 2.26. The van der Waals surface area contributed by atoms with E-state index in [-0.39, 0.29) is 11.9 Å². The molecule has 0 spiro atoms. The molecule has 1 saturated carbocycles. The Hall–Kier alpha value is -1.51. The van der Waals surface area contributed by atoms with Crippen LogP contribution in [0.1, 0.15) is 43.2 Å². The van der Waals surface area contributed by atoms with E-state index in [1.807, 2.05) is 19.1 Å². The Balaban J connectivity index is 2.21. The molecule has 0 aromatic heterocycles. The van der Waals surface area contributed by atoms with Crippen molar-refractivity contribution in [1.82, 2.24) is 0 Å². The maximum Gasteiger partial charge on any atom is 0.235 e. The SMILES string of the molecule is Cc1ccc(C#CCO)cc1NS(=O)(=O)C1CCCCC1. The summed E-state index contributed by atoms with van der Waals surface area (Å²) in [6.45, 7) is 1.65. The van der Waals surface area contributed by atoms with Crippen LogP contribution in [0.5, 0.6) is 0 Å². The Morgan fingerprint density at radius 1 is 1.29 bits per heavy atom. The van der Waals surface area contributed by atoms with E-state index in [2.05, 4.69) is 16.6 Å². The van der Waals surface area contributed by atoms with Crippen molar-refractivity contribution in [2.24, 2.45) is 0 Å². The second-order valence-corrected chi connectivity index (χ2v) is 7.36. The molecule has 21 heavy (non-hydrogen) atoms. The highest BCUT2D eigenvalue weighted by molar-refractivity contribution is 7.93. The third-order valence-corrected chi connectivity index (χ3v) is 5.65. The minimum absolute atomic E-state index is 0.211. The molecule has 2 rings (SSSR count). The fourth-order valence-electron chi connectivity index (χ4n) is 2.56. The number of aliphatic hydroxyl groups excluding tert-OH is 1. The lowest BCUT2D eigenvalue weighted by atomic mass is 10.0. The van der Waals surface area contributed by atoms with E-state index in [9.17, 15) is 8.42 Å². The molecule has 114 valence electrons. The predicted octanol–water partition coefficient (Wildman–Crippen LogP) is 2.41. The summed E-state index contributed by atoms with van der Waals surface area (Å²) in [6, 6.07) is 5.37. The monoisotopic (exact) mass is 307 g/mol. The summed E-state index contributed by atoms with van der Waals surface area (Å²) in [5.41, 5.74) is 2.13. The maximum absolute atomic E-state index is 12.4. The van der Waals surface area contributed by atoms with Crippen LogP contribution in [0.4, 0.5) is 5.69 Å². The fraction of sp³-hybridized carbons (Fsp3) is 0.500. The average molecular weight is 307 g/mol. The number of nitrogens with one attached hydrogen (secondary N) is 1. The molecule has 0 saturated heterocycles. The Morgan fingerprint density at radius 3 is 2.67 bits per heavy atom. The lowest BCUT2D eigenvalue weighted by molar-refractivity contribution is 0.350. The summed E-state index contributed by atoms with van der Waals surface area (Å²) in [5, 5.41) is 8.43. The first-order chi connectivity index (χ1) is 10.0. The maximum atomic E-state index is 12.4.